The fourth-order valence-electron chi connectivity index (χ4n) is 2.06. The maximum atomic E-state index is 12.5. The Labute approximate surface area is 121 Å². The van der Waals surface area contributed by atoms with Crippen LogP contribution in [0.15, 0.2) is 30.3 Å². The van der Waals surface area contributed by atoms with E-state index in [4.69, 9.17) is 11.1 Å². The van der Waals surface area contributed by atoms with E-state index in [0.29, 0.717) is 0 Å². The minimum atomic E-state index is -3.45. The Balaban J connectivity index is 2.89. The fourth-order valence-corrected chi connectivity index (χ4v) is 4.05. The van der Waals surface area contributed by atoms with E-state index in [9.17, 15) is 8.42 Å². The van der Waals surface area contributed by atoms with Gasteiger partial charge in [0.05, 0.1) is 12.3 Å². The first kappa shape index (κ1) is 16.7. The topological polar surface area (TPSA) is 87.2 Å². The molecule has 0 bridgehead atoms. The van der Waals surface area contributed by atoms with E-state index in [0.717, 1.165) is 5.56 Å². The zero-order valence-electron chi connectivity index (χ0n) is 12.2. The van der Waals surface area contributed by atoms with Crippen molar-refractivity contribution < 1.29 is 8.42 Å². The molecule has 0 fully saturated rings. The summed E-state index contributed by atoms with van der Waals surface area (Å²) in [5.74, 6) is -0.230. The molecule has 0 aliphatic rings. The van der Waals surface area contributed by atoms with Crippen LogP contribution in [-0.4, -0.2) is 36.9 Å². The number of sulfonamides is 1. The summed E-state index contributed by atoms with van der Waals surface area (Å²) in [4.78, 5) is 0. The second-order valence-electron chi connectivity index (χ2n) is 5.25. The van der Waals surface area contributed by atoms with Crippen molar-refractivity contribution in [1.29, 1.82) is 5.41 Å². The minimum Gasteiger partial charge on any atom is -0.387 e. The molecule has 0 heterocycles. The second kappa shape index (κ2) is 6.85. The molecule has 0 spiro atoms. The van der Waals surface area contributed by atoms with E-state index >= 15 is 0 Å². The average Bonchev–Trinajstić information content (AvgIpc) is 2.35. The molecule has 0 saturated heterocycles. The summed E-state index contributed by atoms with van der Waals surface area (Å²) in [7, 11) is -3.45. The molecule has 6 heteroatoms. The molecular weight excluding hydrogens is 274 g/mol. The maximum absolute atomic E-state index is 12.5. The van der Waals surface area contributed by atoms with Crippen LogP contribution in [0.3, 0.4) is 0 Å². The van der Waals surface area contributed by atoms with Gasteiger partial charge < -0.3 is 5.73 Å². The van der Waals surface area contributed by atoms with Crippen LogP contribution < -0.4 is 5.73 Å². The molecule has 1 rings (SSSR count). The summed E-state index contributed by atoms with van der Waals surface area (Å²) < 4.78 is 26.2. The van der Waals surface area contributed by atoms with Gasteiger partial charge in [-0.1, -0.05) is 37.3 Å². The molecule has 5 nitrogen and oxygen atoms in total. The molecule has 20 heavy (non-hydrogen) atoms. The lowest BCUT2D eigenvalue weighted by molar-refractivity contribution is 0.387. The quantitative estimate of drug-likeness (QED) is 0.594. The number of nitrogens with zero attached hydrogens (tertiary/aromatic N) is 1. The Morgan fingerprint density at radius 1 is 1.25 bits per heavy atom. The van der Waals surface area contributed by atoms with Crippen LogP contribution in [0.5, 0.6) is 0 Å². The van der Waals surface area contributed by atoms with Gasteiger partial charge in [-0.15, -0.1) is 0 Å². The van der Waals surface area contributed by atoms with Crippen LogP contribution in [0.2, 0.25) is 0 Å². The zero-order valence-corrected chi connectivity index (χ0v) is 13.0. The van der Waals surface area contributed by atoms with Crippen molar-refractivity contribution in [2.45, 2.75) is 32.7 Å². The van der Waals surface area contributed by atoms with Gasteiger partial charge in [0.15, 0.2) is 0 Å². The van der Waals surface area contributed by atoms with E-state index < -0.39 is 10.0 Å². The van der Waals surface area contributed by atoms with Crippen LogP contribution in [0.4, 0.5) is 0 Å². The predicted octanol–water partition coefficient (Wildman–Crippen LogP) is 1.77. The van der Waals surface area contributed by atoms with Gasteiger partial charge in [-0.25, -0.2) is 8.42 Å². The standard InChI is InChI=1S/C14H23N3O2S/c1-11(2)17(9-14(15)16)20(18,19)10-12(3)13-7-5-4-6-8-13/h4-8,11-12H,9-10H2,1-3H3,(H3,15,16). The van der Waals surface area contributed by atoms with E-state index in [1.165, 1.54) is 4.31 Å². The monoisotopic (exact) mass is 297 g/mol. The molecule has 0 aromatic heterocycles. The lowest BCUT2D eigenvalue weighted by atomic mass is 10.0. The van der Waals surface area contributed by atoms with Crippen LogP contribution in [0, 0.1) is 5.41 Å². The number of nitrogens with one attached hydrogen (secondary N) is 1. The molecule has 0 saturated carbocycles. The highest BCUT2D eigenvalue weighted by Crippen LogP contribution is 2.19. The first-order valence-electron chi connectivity index (χ1n) is 6.61. The number of benzene rings is 1. The summed E-state index contributed by atoms with van der Waals surface area (Å²) in [6.07, 6.45) is 0. The highest BCUT2D eigenvalue weighted by molar-refractivity contribution is 7.89. The predicted molar refractivity (Wildman–Crippen MR) is 82.4 cm³/mol. The van der Waals surface area contributed by atoms with E-state index in [1.807, 2.05) is 37.3 Å². The molecule has 1 aromatic rings. The van der Waals surface area contributed by atoms with E-state index in [2.05, 4.69) is 0 Å². The van der Waals surface area contributed by atoms with Crippen molar-refractivity contribution in [3.63, 3.8) is 0 Å². The van der Waals surface area contributed by atoms with Crippen LogP contribution >= 0.6 is 0 Å². The summed E-state index contributed by atoms with van der Waals surface area (Å²) in [5.41, 5.74) is 6.34. The second-order valence-corrected chi connectivity index (χ2v) is 7.22. The molecule has 0 aliphatic carbocycles. The average molecular weight is 297 g/mol. The smallest absolute Gasteiger partial charge is 0.215 e. The zero-order chi connectivity index (χ0) is 15.3. The third-order valence-electron chi connectivity index (χ3n) is 3.09. The number of hydrogen-bond acceptors (Lipinski definition) is 3. The van der Waals surface area contributed by atoms with E-state index in [1.54, 1.807) is 13.8 Å². The molecule has 1 unspecified atom stereocenters. The van der Waals surface area contributed by atoms with Crippen molar-refractivity contribution in [2.75, 3.05) is 12.3 Å². The Bertz CT molecular complexity index is 541. The van der Waals surface area contributed by atoms with Crippen molar-refractivity contribution in [2.24, 2.45) is 5.73 Å². The Hall–Kier alpha value is -1.40. The first-order valence-corrected chi connectivity index (χ1v) is 8.22. The van der Waals surface area contributed by atoms with Crippen LogP contribution in [-0.2, 0) is 10.0 Å². The van der Waals surface area contributed by atoms with Gasteiger partial charge >= 0.3 is 0 Å². The number of amidine groups is 1. The third-order valence-corrected chi connectivity index (χ3v) is 5.28. The van der Waals surface area contributed by atoms with Gasteiger partial charge in [-0.2, -0.15) is 4.31 Å². The molecular formula is C14H23N3O2S. The fraction of sp³-hybridized carbons (Fsp3) is 0.500. The molecule has 1 atom stereocenters. The van der Waals surface area contributed by atoms with Gasteiger partial charge in [0.25, 0.3) is 0 Å². The first-order chi connectivity index (χ1) is 9.24. The van der Waals surface area contributed by atoms with Crippen molar-refractivity contribution in [3.8, 4) is 0 Å². The van der Waals surface area contributed by atoms with Crippen LogP contribution in [0.25, 0.3) is 0 Å². The lowest BCUT2D eigenvalue weighted by Gasteiger charge is -2.26. The summed E-state index contributed by atoms with van der Waals surface area (Å²) in [6, 6.07) is 9.32. The van der Waals surface area contributed by atoms with Gasteiger partial charge in [-0.3, -0.25) is 5.41 Å². The Morgan fingerprint density at radius 2 is 1.80 bits per heavy atom. The minimum absolute atomic E-state index is 0.0163. The summed E-state index contributed by atoms with van der Waals surface area (Å²) in [6.45, 7) is 5.40. The highest BCUT2D eigenvalue weighted by atomic mass is 32.2. The van der Waals surface area contributed by atoms with Gasteiger partial charge in [0.2, 0.25) is 10.0 Å². The molecule has 0 aliphatic heterocycles. The maximum Gasteiger partial charge on any atom is 0.215 e. The third kappa shape index (κ3) is 4.61. The van der Waals surface area contributed by atoms with Crippen molar-refractivity contribution in [3.05, 3.63) is 35.9 Å². The van der Waals surface area contributed by atoms with E-state index in [-0.39, 0.29) is 30.1 Å². The normalized spacial score (nSPS) is 13.7. The Morgan fingerprint density at radius 3 is 2.25 bits per heavy atom. The Kier molecular flexibility index (Phi) is 5.71. The van der Waals surface area contributed by atoms with Crippen molar-refractivity contribution in [1.82, 2.24) is 4.31 Å². The largest absolute Gasteiger partial charge is 0.387 e. The number of hydrogen-bond donors (Lipinski definition) is 2. The van der Waals surface area contributed by atoms with Gasteiger partial charge in [-0.05, 0) is 25.3 Å². The molecule has 1 aromatic carbocycles. The van der Waals surface area contributed by atoms with Gasteiger partial charge in [0, 0.05) is 6.04 Å². The molecule has 112 valence electrons. The lowest BCUT2D eigenvalue weighted by Crippen LogP contribution is -2.44. The SMILES string of the molecule is CC(CS(=O)(=O)N(CC(=N)N)C(C)C)c1ccccc1. The molecule has 0 amide bonds. The van der Waals surface area contributed by atoms with Crippen LogP contribution in [0.1, 0.15) is 32.3 Å². The molecule has 0 radical (unpaired) electrons. The highest BCUT2D eigenvalue weighted by Gasteiger charge is 2.27. The number of nitrogens with two attached hydrogens (primary N) is 1. The summed E-state index contributed by atoms with van der Waals surface area (Å²) >= 11 is 0. The van der Waals surface area contributed by atoms with Crippen molar-refractivity contribution >= 4 is 15.9 Å². The molecule has 3 N–H and O–H groups in total. The summed E-state index contributed by atoms with van der Waals surface area (Å²) in [5, 5.41) is 7.32. The number of rotatable bonds is 7. The van der Waals surface area contributed by atoms with Gasteiger partial charge in [0.1, 0.15) is 5.84 Å².